The minimum atomic E-state index is 0.146. The third-order valence-electron chi connectivity index (χ3n) is 4.21. The van der Waals surface area contributed by atoms with E-state index in [2.05, 4.69) is 5.92 Å². The topological polar surface area (TPSA) is 38.8 Å². The van der Waals surface area contributed by atoms with Crippen molar-refractivity contribution in [3.8, 4) is 23.8 Å². The second-order valence-electron chi connectivity index (χ2n) is 5.79. The highest BCUT2D eigenvalue weighted by Crippen LogP contribution is 2.24. The summed E-state index contributed by atoms with van der Waals surface area (Å²) in [6, 6.07) is 7.78. The van der Waals surface area contributed by atoms with Crippen LogP contribution < -0.4 is 9.47 Å². The molecule has 4 heteroatoms. The van der Waals surface area contributed by atoms with Crippen molar-refractivity contribution in [2.24, 2.45) is 0 Å². The van der Waals surface area contributed by atoms with Gasteiger partial charge in [-0.3, -0.25) is 4.79 Å². The number of carbonyl (C=O) groups excluding carboxylic acids is 1. The van der Waals surface area contributed by atoms with E-state index in [1.54, 1.807) is 7.11 Å². The van der Waals surface area contributed by atoms with E-state index in [0.717, 1.165) is 24.3 Å². The molecule has 0 aromatic heterocycles. The smallest absolute Gasteiger partial charge is 0.223 e. The summed E-state index contributed by atoms with van der Waals surface area (Å²) >= 11 is 0. The molecule has 1 aromatic rings. The molecule has 0 saturated heterocycles. The van der Waals surface area contributed by atoms with E-state index >= 15 is 0 Å². The van der Waals surface area contributed by atoms with Gasteiger partial charge in [0.2, 0.25) is 5.91 Å². The molecule has 23 heavy (non-hydrogen) atoms. The Labute approximate surface area is 138 Å². The summed E-state index contributed by atoms with van der Waals surface area (Å²) in [5, 5.41) is 0. The molecule has 1 amide bonds. The lowest BCUT2D eigenvalue weighted by Crippen LogP contribution is -2.39. The predicted molar refractivity (Wildman–Crippen MR) is 90.5 cm³/mol. The summed E-state index contributed by atoms with van der Waals surface area (Å²) in [5.74, 6) is 4.35. The maximum atomic E-state index is 12.4. The first-order valence-electron chi connectivity index (χ1n) is 8.24. The number of amides is 1. The number of hydrogen-bond acceptors (Lipinski definition) is 3. The highest BCUT2D eigenvalue weighted by molar-refractivity contribution is 5.76. The molecule has 0 bridgehead atoms. The SMILES string of the molecule is C#CCN(C(=O)CCCOc1ccc(OC)cc1)C1CCCC1. The quantitative estimate of drug-likeness (QED) is 0.546. The third kappa shape index (κ3) is 5.21. The van der Waals surface area contributed by atoms with Crippen molar-refractivity contribution in [3.63, 3.8) is 0 Å². The minimum Gasteiger partial charge on any atom is -0.497 e. The van der Waals surface area contributed by atoms with Gasteiger partial charge in [0.1, 0.15) is 11.5 Å². The summed E-state index contributed by atoms with van der Waals surface area (Å²) in [4.78, 5) is 14.2. The maximum Gasteiger partial charge on any atom is 0.223 e. The minimum absolute atomic E-state index is 0.146. The van der Waals surface area contributed by atoms with Crippen LogP contribution in [0.15, 0.2) is 24.3 Å². The molecular weight excluding hydrogens is 290 g/mol. The lowest BCUT2D eigenvalue weighted by Gasteiger charge is -2.27. The molecule has 1 saturated carbocycles. The number of carbonyl (C=O) groups is 1. The highest BCUT2D eigenvalue weighted by Gasteiger charge is 2.25. The van der Waals surface area contributed by atoms with Crippen molar-refractivity contribution in [3.05, 3.63) is 24.3 Å². The van der Waals surface area contributed by atoms with E-state index in [1.165, 1.54) is 12.8 Å². The molecule has 4 nitrogen and oxygen atoms in total. The van der Waals surface area contributed by atoms with Crippen LogP contribution in [0.1, 0.15) is 38.5 Å². The Hall–Kier alpha value is -2.15. The van der Waals surface area contributed by atoms with Gasteiger partial charge in [-0.1, -0.05) is 18.8 Å². The van der Waals surface area contributed by atoms with E-state index in [9.17, 15) is 4.79 Å². The van der Waals surface area contributed by atoms with Gasteiger partial charge in [0.05, 0.1) is 20.3 Å². The standard InChI is InChI=1S/C19H25NO3/c1-3-14-20(16-7-4-5-8-16)19(21)9-6-15-23-18-12-10-17(22-2)11-13-18/h1,10-13,16H,4-9,14-15H2,2H3. The van der Waals surface area contributed by atoms with Gasteiger partial charge in [-0.25, -0.2) is 0 Å². The van der Waals surface area contributed by atoms with Crippen LogP contribution in [0.2, 0.25) is 0 Å². The lowest BCUT2D eigenvalue weighted by atomic mass is 10.2. The molecule has 1 aliphatic carbocycles. The fraction of sp³-hybridized carbons (Fsp3) is 0.526. The lowest BCUT2D eigenvalue weighted by molar-refractivity contribution is -0.132. The van der Waals surface area contributed by atoms with Gasteiger partial charge in [0.25, 0.3) is 0 Å². The Morgan fingerprint density at radius 3 is 2.52 bits per heavy atom. The summed E-state index contributed by atoms with van der Waals surface area (Å²) in [5.41, 5.74) is 0. The van der Waals surface area contributed by atoms with Gasteiger partial charge in [-0.05, 0) is 43.5 Å². The Bertz CT molecular complexity index is 527. The molecule has 0 unspecified atom stereocenters. The Morgan fingerprint density at radius 1 is 1.26 bits per heavy atom. The van der Waals surface area contributed by atoms with E-state index < -0.39 is 0 Å². The first-order valence-corrected chi connectivity index (χ1v) is 8.24. The van der Waals surface area contributed by atoms with Crippen LogP contribution in [0.4, 0.5) is 0 Å². The van der Waals surface area contributed by atoms with E-state index in [0.29, 0.717) is 32.0 Å². The Morgan fingerprint density at radius 2 is 1.91 bits per heavy atom. The summed E-state index contributed by atoms with van der Waals surface area (Å²) in [6.45, 7) is 0.940. The molecule has 1 aromatic carbocycles. The van der Waals surface area contributed by atoms with Crippen molar-refractivity contribution >= 4 is 5.91 Å². The summed E-state index contributed by atoms with van der Waals surface area (Å²) in [6.07, 6.45) is 11.1. The number of methoxy groups -OCH3 is 1. The first kappa shape index (κ1) is 17.2. The van der Waals surface area contributed by atoms with Crippen LogP contribution in [0.25, 0.3) is 0 Å². The number of ether oxygens (including phenoxy) is 2. The highest BCUT2D eigenvalue weighted by atomic mass is 16.5. The zero-order valence-corrected chi connectivity index (χ0v) is 13.8. The molecule has 1 fully saturated rings. The molecule has 2 rings (SSSR count). The monoisotopic (exact) mass is 315 g/mol. The summed E-state index contributed by atoms with van der Waals surface area (Å²) in [7, 11) is 1.63. The van der Waals surface area contributed by atoms with Gasteiger partial charge in [0.15, 0.2) is 0 Å². The molecule has 0 N–H and O–H groups in total. The van der Waals surface area contributed by atoms with Gasteiger partial charge >= 0.3 is 0 Å². The van der Waals surface area contributed by atoms with Gasteiger partial charge < -0.3 is 14.4 Å². The van der Waals surface area contributed by atoms with E-state index in [1.807, 2.05) is 29.2 Å². The molecule has 0 heterocycles. The van der Waals surface area contributed by atoms with Crippen LogP contribution in [-0.4, -0.2) is 37.1 Å². The fourth-order valence-electron chi connectivity index (χ4n) is 2.96. The Kier molecular flexibility index (Phi) is 6.80. The second kappa shape index (κ2) is 9.09. The van der Waals surface area contributed by atoms with Crippen molar-refractivity contribution < 1.29 is 14.3 Å². The number of rotatable bonds is 8. The van der Waals surface area contributed by atoms with E-state index in [-0.39, 0.29) is 5.91 Å². The number of benzene rings is 1. The second-order valence-corrected chi connectivity index (χ2v) is 5.79. The first-order chi connectivity index (χ1) is 11.2. The van der Waals surface area contributed by atoms with Crippen molar-refractivity contribution in [1.29, 1.82) is 0 Å². The number of hydrogen-bond donors (Lipinski definition) is 0. The van der Waals surface area contributed by atoms with Crippen LogP contribution in [-0.2, 0) is 4.79 Å². The van der Waals surface area contributed by atoms with Crippen molar-refractivity contribution in [1.82, 2.24) is 4.90 Å². The molecule has 1 aliphatic rings. The maximum absolute atomic E-state index is 12.4. The van der Waals surface area contributed by atoms with Gasteiger partial charge in [0, 0.05) is 12.5 Å². The molecule has 124 valence electrons. The normalized spacial score (nSPS) is 14.3. The molecule has 0 spiro atoms. The van der Waals surface area contributed by atoms with Crippen LogP contribution in [0, 0.1) is 12.3 Å². The van der Waals surface area contributed by atoms with E-state index in [4.69, 9.17) is 15.9 Å². The Balaban J connectivity index is 1.73. The average molecular weight is 315 g/mol. The third-order valence-corrected chi connectivity index (χ3v) is 4.21. The molecule has 0 radical (unpaired) electrons. The zero-order valence-electron chi connectivity index (χ0n) is 13.8. The van der Waals surface area contributed by atoms with Crippen LogP contribution in [0.5, 0.6) is 11.5 Å². The summed E-state index contributed by atoms with van der Waals surface area (Å²) < 4.78 is 10.8. The number of nitrogens with zero attached hydrogens (tertiary/aromatic N) is 1. The van der Waals surface area contributed by atoms with Crippen LogP contribution >= 0.6 is 0 Å². The van der Waals surface area contributed by atoms with Gasteiger partial charge in [-0.15, -0.1) is 6.42 Å². The van der Waals surface area contributed by atoms with Crippen molar-refractivity contribution in [2.45, 2.75) is 44.6 Å². The fourth-order valence-corrected chi connectivity index (χ4v) is 2.96. The molecular formula is C19H25NO3. The average Bonchev–Trinajstić information content (AvgIpc) is 3.11. The predicted octanol–water partition coefficient (Wildman–Crippen LogP) is 3.26. The van der Waals surface area contributed by atoms with Crippen molar-refractivity contribution in [2.75, 3.05) is 20.3 Å². The van der Waals surface area contributed by atoms with Gasteiger partial charge in [-0.2, -0.15) is 0 Å². The molecule has 0 aliphatic heterocycles. The number of terminal acetylenes is 1. The largest absolute Gasteiger partial charge is 0.497 e. The van der Waals surface area contributed by atoms with Crippen LogP contribution in [0.3, 0.4) is 0 Å². The molecule has 0 atom stereocenters. The zero-order chi connectivity index (χ0) is 16.5.